The summed E-state index contributed by atoms with van der Waals surface area (Å²) < 4.78 is 43.6. The molecule has 197 valence electrons. The van der Waals surface area contributed by atoms with Crippen molar-refractivity contribution in [1.29, 1.82) is 0 Å². The molecule has 0 saturated heterocycles. The minimum Gasteiger partial charge on any atom is -0.413 e. The normalized spacial score (nSPS) is 15.0. The average Bonchev–Trinajstić information content (AvgIpc) is 2.71. The lowest BCUT2D eigenvalue weighted by Gasteiger charge is -2.34. The van der Waals surface area contributed by atoms with E-state index in [1.807, 2.05) is 38.1 Å². The van der Waals surface area contributed by atoms with Gasteiger partial charge in [-0.15, -0.1) is 11.8 Å². The molecule has 0 aromatic heterocycles. The molecule has 0 spiro atoms. The fourth-order valence-electron chi connectivity index (χ4n) is 3.27. The van der Waals surface area contributed by atoms with Crippen LogP contribution in [0.15, 0.2) is 29.2 Å². The zero-order valence-corrected chi connectivity index (χ0v) is 26.6. The van der Waals surface area contributed by atoms with Crippen LogP contribution < -0.4 is 0 Å². The van der Waals surface area contributed by atoms with Gasteiger partial charge in [0.2, 0.25) is 15.5 Å². The Balaban J connectivity index is 3.32. The lowest BCUT2D eigenvalue weighted by molar-refractivity contribution is 0.108. The van der Waals surface area contributed by atoms with Crippen LogP contribution in [0.4, 0.5) is 0 Å². The van der Waals surface area contributed by atoms with E-state index in [1.54, 1.807) is 25.6 Å². The molecule has 0 heterocycles. The maximum atomic E-state index is 14.0. The summed E-state index contributed by atoms with van der Waals surface area (Å²) in [6.45, 7) is 16.4. The summed E-state index contributed by atoms with van der Waals surface area (Å²) >= 11 is 7.65. The van der Waals surface area contributed by atoms with Crippen LogP contribution in [0.3, 0.4) is 0 Å². The standard InChI is InChI=1S/C23H43O6P2S2Si/c1-10-25-30(24,26-11-2)22(31(32,27-12-3)28-13-4)19-14-16-20(17-15-19)33-18-21(23(5,6)7)29-34(8)9/h14-17,21-22H,10-13,18H2,1-9H3. The molecule has 11 heteroatoms. The fraction of sp³-hybridized carbons (Fsp3) is 0.739. The number of hydrogen-bond donors (Lipinski definition) is 0. The Morgan fingerprint density at radius 3 is 1.76 bits per heavy atom. The quantitative estimate of drug-likeness (QED) is 0.112. The van der Waals surface area contributed by atoms with Gasteiger partial charge in [-0.2, -0.15) is 0 Å². The Kier molecular flexibility index (Phi) is 14.4. The van der Waals surface area contributed by atoms with Crippen molar-refractivity contribution in [2.45, 2.75) is 78.0 Å². The molecule has 0 fully saturated rings. The first kappa shape index (κ1) is 32.5. The maximum absolute atomic E-state index is 14.0. The molecule has 0 amide bonds. The molecule has 34 heavy (non-hydrogen) atoms. The SMILES string of the molecule is CCOP(=O)(OCC)C(c1ccc(SCC(O[Si](C)C)C(C)(C)C)cc1)P(=S)(OCC)OCC. The van der Waals surface area contributed by atoms with Crippen molar-refractivity contribution in [3.05, 3.63) is 29.8 Å². The average molecular weight is 570 g/mol. The largest absolute Gasteiger partial charge is 0.413 e. The molecule has 0 aliphatic carbocycles. The summed E-state index contributed by atoms with van der Waals surface area (Å²) in [5.74, 6) is 0.856. The molecule has 1 rings (SSSR count). The third-order valence-corrected chi connectivity index (χ3v) is 14.4. The highest BCUT2D eigenvalue weighted by Crippen LogP contribution is 2.78. The molecule has 0 aliphatic heterocycles. The van der Waals surface area contributed by atoms with Gasteiger partial charge < -0.3 is 22.5 Å². The molecule has 0 saturated carbocycles. The smallest absolute Gasteiger partial charge is 0.347 e. The van der Waals surface area contributed by atoms with Crippen LogP contribution in [-0.4, -0.2) is 47.3 Å². The van der Waals surface area contributed by atoms with Crippen LogP contribution in [0.5, 0.6) is 0 Å². The molecule has 6 nitrogen and oxygen atoms in total. The first-order valence-electron chi connectivity index (χ1n) is 11.8. The van der Waals surface area contributed by atoms with Crippen LogP contribution in [0, 0.1) is 5.41 Å². The molecular weight excluding hydrogens is 526 g/mol. The molecule has 1 aromatic rings. The molecule has 1 aromatic carbocycles. The van der Waals surface area contributed by atoms with Gasteiger partial charge in [-0.25, -0.2) is 0 Å². The van der Waals surface area contributed by atoms with Gasteiger partial charge in [0.15, 0.2) is 5.40 Å². The zero-order chi connectivity index (χ0) is 26.0. The van der Waals surface area contributed by atoms with Crippen molar-refractivity contribution in [1.82, 2.24) is 0 Å². The van der Waals surface area contributed by atoms with Gasteiger partial charge in [0, 0.05) is 10.6 Å². The summed E-state index contributed by atoms with van der Waals surface area (Å²) in [5, 5.41) is -0.801. The van der Waals surface area contributed by atoms with Crippen LogP contribution >= 0.6 is 25.8 Å². The molecule has 0 bridgehead atoms. The van der Waals surface area contributed by atoms with Gasteiger partial charge in [0.05, 0.1) is 32.5 Å². The summed E-state index contributed by atoms with van der Waals surface area (Å²) in [6, 6.07) is 7.93. The highest BCUT2D eigenvalue weighted by Gasteiger charge is 2.48. The van der Waals surface area contributed by atoms with Crippen molar-refractivity contribution < 1.29 is 27.1 Å². The first-order valence-corrected chi connectivity index (χ1v) is 19.5. The van der Waals surface area contributed by atoms with Crippen LogP contribution in [0.1, 0.15) is 59.4 Å². The van der Waals surface area contributed by atoms with Gasteiger partial charge in [-0.05, 0) is 75.7 Å². The topological polar surface area (TPSA) is 63.2 Å². The highest BCUT2D eigenvalue weighted by atomic mass is 32.5. The molecule has 2 unspecified atom stereocenters. The van der Waals surface area contributed by atoms with Crippen molar-refractivity contribution in [3.63, 3.8) is 0 Å². The predicted molar refractivity (Wildman–Crippen MR) is 150 cm³/mol. The van der Waals surface area contributed by atoms with Crippen LogP contribution in [0.25, 0.3) is 0 Å². The predicted octanol–water partition coefficient (Wildman–Crippen LogP) is 8.11. The fourth-order valence-corrected chi connectivity index (χ4v) is 13.1. The molecule has 1 radical (unpaired) electrons. The van der Waals surface area contributed by atoms with E-state index >= 15 is 0 Å². The van der Waals surface area contributed by atoms with E-state index in [4.69, 9.17) is 34.3 Å². The van der Waals surface area contributed by atoms with Gasteiger partial charge in [-0.1, -0.05) is 32.9 Å². The van der Waals surface area contributed by atoms with Crippen molar-refractivity contribution in [2.24, 2.45) is 5.41 Å². The highest BCUT2D eigenvalue weighted by molar-refractivity contribution is 8.12. The van der Waals surface area contributed by atoms with Gasteiger partial charge >= 0.3 is 7.60 Å². The van der Waals surface area contributed by atoms with Crippen molar-refractivity contribution in [3.8, 4) is 0 Å². The van der Waals surface area contributed by atoms with Crippen LogP contribution in [-0.2, 0) is 38.9 Å². The molecule has 0 N–H and O–H groups in total. The van der Waals surface area contributed by atoms with E-state index < -0.39 is 28.5 Å². The van der Waals surface area contributed by atoms with E-state index in [0.717, 1.165) is 16.2 Å². The second kappa shape index (κ2) is 15.0. The Hall–Kier alpha value is 0.467. The zero-order valence-electron chi connectivity index (χ0n) is 22.2. The maximum Gasteiger partial charge on any atom is 0.347 e. The van der Waals surface area contributed by atoms with E-state index in [2.05, 4.69) is 33.9 Å². The Labute approximate surface area is 218 Å². The lowest BCUT2D eigenvalue weighted by Crippen LogP contribution is -2.35. The second-order valence-electron chi connectivity index (χ2n) is 8.89. The molecular formula is C23H43O6P2S2Si. The van der Waals surface area contributed by atoms with Crippen LogP contribution in [0.2, 0.25) is 13.1 Å². The van der Waals surface area contributed by atoms with Crippen molar-refractivity contribution >= 4 is 46.7 Å². The minimum absolute atomic E-state index is 0.0585. The molecule has 0 aliphatic rings. The second-order valence-corrected chi connectivity index (χ2v) is 18.2. The lowest BCUT2D eigenvalue weighted by atomic mass is 9.90. The number of hydrogen-bond acceptors (Lipinski definition) is 8. The van der Waals surface area contributed by atoms with Gasteiger partial charge in [0.25, 0.3) is 0 Å². The minimum atomic E-state index is -3.64. The number of thioether (sulfide) groups is 1. The summed E-state index contributed by atoms with van der Waals surface area (Å²) in [4.78, 5) is 1.10. The van der Waals surface area contributed by atoms with E-state index in [-0.39, 0.29) is 24.7 Å². The summed E-state index contributed by atoms with van der Waals surface area (Å²) in [5.41, 5.74) is 0.805. The number of benzene rings is 1. The van der Waals surface area contributed by atoms with E-state index in [0.29, 0.717) is 13.2 Å². The third-order valence-electron chi connectivity index (χ3n) is 4.76. The Morgan fingerprint density at radius 1 is 0.912 bits per heavy atom. The summed E-state index contributed by atoms with van der Waals surface area (Å²) in [7, 11) is -4.44. The van der Waals surface area contributed by atoms with Gasteiger partial charge in [0.1, 0.15) is 0 Å². The molecule has 2 atom stereocenters. The van der Waals surface area contributed by atoms with Crippen molar-refractivity contribution in [2.75, 3.05) is 32.2 Å². The Morgan fingerprint density at radius 2 is 1.38 bits per heavy atom. The summed E-state index contributed by atoms with van der Waals surface area (Å²) in [6.07, 6.45) is 0.159. The van der Waals surface area contributed by atoms with E-state index in [1.165, 1.54) is 0 Å². The van der Waals surface area contributed by atoms with Gasteiger partial charge in [-0.3, -0.25) is 4.57 Å². The first-order chi connectivity index (χ1) is 15.9. The Bertz CT molecular complexity index is 767. The third kappa shape index (κ3) is 9.73. The van der Waals surface area contributed by atoms with E-state index in [9.17, 15) is 4.57 Å². The monoisotopic (exact) mass is 569 g/mol. The number of rotatable bonds is 16.